The monoisotopic (exact) mass is 433 g/mol. The third-order valence-corrected chi connectivity index (χ3v) is 4.32. The summed E-state index contributed by atoms with van der Waals surface area (Å²) in [5, 5.41) is 25.0. The lowest BCUT2D eigenvalue weighted by atomic mass is 10.1. The highest BCUT2D eigenvalue weighted by molar-refractivity contribution is 5.94. The molecule has 0 fully saturated rings. The summed E-state index contributed by atoms with van der Waals surface area (Å²) in [4.78, 5) is 24.1. The van der Waals surface area contributed by atoms with E-state index in [1.807, 2.05) is 30.3 Å². The molecule has 0 radical (unpaired) electrons. The fourth-order valence-corrected chi connectivity index (χ4v) is 2.63. The molecule has 2 aromatic rings. The molecule has 0 saturated carbocycles. The second kappa shape index (κ2) is 13.3. The lowest BCUT2D eigenvalue weighted by molar-refractivity contribution is -0.128. The van der Waals surface area contributed by atoms with Gasteiger partial charge in [0.25, 0.3) is 0 Å². The molecular formula is C21H28ClN5O3. The molecule has 0 aliphatic rings. The van der Waals surface area contributed by atoms with E-state index in [2.05, 4.69) is 16.0 Å². The second-order valence-corrected chi connectivity index (χ2v) is 6.53. The molecule has 2 amide bonds. The normalized spacial score (nSPS) is 11.1. The minimum atomic E-state index is -0.834. The SMILES string of the molecule is Cl.N=C(N)c1ccc(CNC(CO)C(=O)NCC(=O)NCCc2ccccc2)cc1. The topological polar surface area (TPSA) is 140 Å². The van der Waals surface area contributed by atoms with Crippen molar-refractivity contribution in [3.05, 3.63) is 71.3 Å². The summed E-state index contributed by atoms with van der Waals surface area (Å²) in [5.41, 5.74) is 8.03. The largest absolute Gasteiger partial charge is 0.394 e. The Kier molecular flexibility index (Phi) is 11.1. The lowest BCUT2D eigenvalue weighted by Crippen LogP contribution is -2.48. The fourth-order valence-electron chi connectivity index (χ4n) is 2.63. The van der Waals surface area contributed by atoms with Gasteiger partial charge in [-0.15, -0.1) is 12.4 Å². The summed E-state index contributed by atoms with van der Waals surface area (Å²) in [6.45, 7) is 0.281. The molecule has 0 saturated heterocycles. The number of rotatable bonds is 11. The molecule has 0 aromatic heterocycles. The molecule has 0 aliphatic heterocycles. The van der Waals surface area contributed by atoms with Crippen LogP contribution in [0.4, 0.5) is 0 Å². The molecule has 9 heteroatoms. The molecule has 30 heavy (non-hydrogen) atoms. The number of benzene rings is 2. The van der Waals surface area contributed by atoms with Gasteiger partial charge in [-0.3, -0.25) is 20.3 Å². The first-order valence-electron chi connectivity index (χ1n) is 9.35. The maximum Gasteiger partial charge on any atom is 0.239 e. The Balaban J connectivity index is 0.00000450. The molecule has 2 aromatic carbocycles. The standard InChI is InChI=1S/C21H27N5O3.ClH/c22-20(23)17-8-6-16(7-9-17)12-25-18(14-27)21(29)26-13-19(28)24-11-10-15-4-2-1-3-5-15;/h1-9,18,25,27H,10-14H2,(H3,22,23)(H,24,28)(H,26,29);1H. The number of nitrogens with two attached hydrogens (primary N) is 1. The Bertz CT molecular complexity index is 815. The Labute approximate surface area is 182 Å². The predicted octanol–water partition coefficient (Wildman–Crippen LogP) is 0.318. The van der Waals surface area contributed by atoms with E-state index < -0.39 is 18.6 Å². The van der Waals surface area contributed by atoms with E-state index in [0.29, 0.717) is 25.1 Å². The average Bonchev–Trinajstić information content (AvgIpc) is 2.73. The molecule has 1 unspecified atom stereocenters. The maximum atomic E-state index is 12.2. The van der Waals surface area contributed by atoms with Gasteiger partial charge in [0.2, 0.25) is 11.8 Å². The molecule has 0 aliphatic carbocycles. The van der Waals surface area contributed by atoms with Crippen LogP contribution in [0.1, 0.15) is 16.7 Å². The van der Waals surface area contributed by atoms with Crippen LogP contribution in [-0.2, 0) is 22.6 Å². The Morgan fingerprint density at radius 1 is 1.00 bits per heavy atom. The summed E-state index contributed by atoms with van der Waals surface area (Å²) in [6, 6.07) is 16.0. The van der Waals surface area contributed by atoms with Gasteiger partial charge in [-0.25, -0.2) is 0 Å². The third-order valence-electron chi connectivity index (χ3n) is 4.32. The third kappa shape index (κ3) is 8.60. The summed E-state index contributed by atoms with van der Waals surface area (Å²) < 4.78 is 0. The zero-order chi connectivity index (χ0) is 21.1. The van der Waals surface area contributed by atoms with E-state index in [-0.39, 0.29) is 30.7 Å². The van der Waals surface area contributed by atoms with Crippen molar-refractivity contribution in [2.75, 3.05) is 19.7 Å². The van der Waals surface area contributed by atoms with Gasteiger partial charge in [0.15, 0.2) is 0 Å². The number of hydrogen-bond acceptors (Lipinski definition) is 5. The highest BCUT2D eigenvalue weighted by Crippen LogP contribution is 2.04. The number of nitrogens with one attached hydrogen (secondary N) is 4. The van der Waals surface area contributed by atoms with Gasteiger partial charge in [0.05, 0.1) is 13.2 Å². The number of halogens is 1. The molecule has 2 rings (SSSR count). The summed E-state index contributed by atoms with van der Waals surface area (Å²) >= 11 is 0. The summed E-state index contributed by atoms with van der Waals surface area (Å²) in [7, 11) is 0. The van der Waals surface area contributed by atoms with Crippen molar-refractivity contribution >= 4 is 30.1 Å². The van der Waals surface area contributed by atoms with Crippen LogP contribution in [0.2, 0.25) is 0 Å². The van der Waals surface area contributed by atoms with Gasteiger partial charge in [0, 0.05) is 18.7 Å². The summed E-state index contributed by atoms with van der Waals surface area (Å²) in [5.74, 6) is -0.754. The van der Waals surface area contributed by atoms with Crippen LogP contribution in [0.3, 0.4) is 0 Å². The van der Waals surface area contributed by atoms with E-state index in [4.69, 9.17) is 11.1 Å². The van der Waals surface area contributed by atoms with Crippen LogP contribution in [0.25, 0.3) is 0 Å². The smallest absolute Gasteiger partial charge is 0.239 e. The number of nitrogen functional groups attached to an aromatic ring is 1. The number of aliphatic hydroxyl groups excluding tert-OH is 1. The molecule has 0 heterocycles. The van der Waals surface area contributed by atoms with Crippen LogP contribution >= 0.6 is 12.4 Å². The summed E-state index contributed by atoms with van der Waals surface area (Å²) in [6.07, 6.45) is 0.712. The first kappa shape index (κ1) is 25.1. The molecular weight excluding hydrogens is 406 g/mol. The van der Waals surface area contributed by atoms with Crippen molar-refractivity contribution in [2.45, 2.75) is 19.0 Å². The van der Waals surface area contributed by atoms with E-state index >= 15 is 0 Å². The van der Waals surface area contributed by atoms with E-state index in [0.717, 1.165) is 11.1 Å². The van der Waals surface area contributed by atoms with Crippen molar-refractivity contribution in [3.8, 4) is 0 Å². The number of hydrogen-bond donors (Lipinski definition) is 6. The number of aliphatic hydroxyl groups is 1. The van der Waals surface area contributed by atoms with Gasteiger partial charge in [-0.2, -0.15) is 0 Å². The first-order chi connectivity index (χ1) is 14.0. The first-order valence-corrected chi connectivity index (χ1v) is 9.35. The zero-order valence-electron chi connectivity index (χ0n) is 16.6. The van der Waals surface area contributed by atoms with Crippen molar-refractivity contribution in [2.24, 2.45) is 5.73 Å². The number of carbonyl (C=O) groups excluding carboxylic acids is 2. The van der Waals surface area contributed by atoms with Crippen LogP contribution < -0.4 is 21.7 Å². The molecule has 8 nitrogen and oxygen atoms in total. The fraction of sp³-hybridized carbons (Fsp3) is 0.286. The van der Waals surface area contributed by atoms with Gasteiger partial charge in [-0.05, 0) is 17.5 Å². The molecule has 1 atom stereocenters. The van der Waals surface area contributed by atoms with Gasteiger partial charge in [0.1, 0.15) is 11.9 Å². The van der Waals surface area contributed by atoms with Crippen molar-refractivity contribution in [1.82, 2.24) is 16.0 Å². The van der Waals surface area contributed by atoms with Gasteiger partial charge in [-0.1, -0.05) is 54.6 Å². The van der Waals surface area contributed by atoms with E-state index in [1.165, 1.54) is 0 Å². The Morgan fingerprint density at radius 2 is 1.67 bits per heavy atom. The quantitative estimate of drug-likeness (QED) is 0.223. The zero-order valence-corrected chi connectivity index (χ0v) is 17.4. The van der Waals surface area contributed by atoms with Crippen LogP contribution in [0.5, 0.6) is 0 Å². The Hall–Kier alpha value is -2.94. The number of amidine groups is 1. The predicted molar refractivity (Wildman–Crippen MR) is 119 cm³/mol. The lowest BCUT2D eigenvalue weighted by Gasteiger charge is -2.16. The van der Waals surface area contributed by atoms with Gasteiger partial charge < -0.3 is 21.5 Å². The number of carbonyl (C=O) groups is 2. The molecule has 0 spiro atoms. The molecule has 0 bridgehead atoms. The maximum absolute atomic E-state index is 12.2. The van der Waals surface area contributed by atoms with Crippen LogP contribution in [0, 0.1) is 5.41 Å². The van der Waals surface area contributed by atoms with Crippen LogP contribution in [-0.4, -0.2) is 48.5 Å². The highest BCUT2D eigenvalue weighted by Gasteiger charge is 2.17. The van der Waals surface area contributed by atoms with Crippen molar-refractivity contribution < 1.29 is 14.7 Å². The minimum Gasteiger partial charge on any atom is -0.394 e. The van der Waals surface area contributed by atoms with Gasteiger partial charge >= 0.3 is 0 Å². The second-order valence-electron chi connectivity index (χ2n) is 6.53. The number of amides is 2. The average molecular weight is 434 g/mol. The van der Waals surface area contributed by atoms with E-state index in [9.17, 15) is 14.7 Å². The highest BCUT2D eigenvalue weighted by atomic mass is 35.5. The van der Waals surface area contributed by atoms with Crippen LogP contribution in [0.15, 0.2) is 54.6 Å². The molecule has 7 N–H and O–H groups in total. The minimum absolute atomic E-state index is 0. The van der Waals surface area contributed by atoms with Crippen molar-refractivity contribution in [3.63, 3.8) is 0 Å². The molecule has 162 valence electrons. The Morgan fingerprint density at radius 3 is 2.27 bits per heavy atom. The van der Waals surface area contributed by atoms with Crippen molar-refractivity contribution in [1.29, 1.82) is 5.41 Å². The van der Waals surface area contributed by atoms with E-state index in [1.54, 1.807) is 24.3 Å².